The fourth-order valence-electron chi connectivity index (χ4n) is 3.41. The van der Waals surface area contributed by atoms with E-state index < -0.39 is 0 Å². The van der Waals surface area contributed by atoms with E-state index in [1.165, 1.54) is 0 Å². The highest BCUT2D eigenvalue weighted by Crippen LogP contribution is 2.24. The van der Waals surface area contributed by atoms with E-state index in [1.807, 2.05) is 43.8 Å². The Kier molecular flexibility index (Phi) is 5.43. The van der Waals surface area contributed by atoms with Crippen molar-refractivity contribution in [2.24, 2.45) is 0 Å². The smallest absolute Gasteiger partial charge is 0.181 e. The number of nitrogens with zero attached hydrogens (tertiary/aromatic N) is 6. The second kappa shape index (κ2) is 7.98. The van der Waals surface area contributed by atoms with E-state index in [2.05, 4.69) is 27.5 Å². The van der Waals surface area contributed by atoms with Crippen LogP contribution in [-0.2, 0) is 16.0 Å². The number of rotatable bonds is 6. The Bertz CT molecular complexity index is 947. The van der Waals surface area contributed by atoms with Crippen LogP contribution in [0.15, 0.2) is 24.5 Å². The number of hydrogen-bond acceptors (Lipinski definition) is 6. The van der Waals surface area contributed by atoms with Crippen LogP contribution in [0.5, 0.6) is 0 Å². The molecule has 8 nitrogen and oxygen atoms in total. The van der Waals surface area contributed by atoms with Crippen molar-refractivity contribution >= 4 is 5.65 Å². The van der Waals surface area contributed by atoms with Crippen molar-refractivity contribution in [1.29, 1.82) is 0 Å². The number of imidazole rings is 1. The van der Waals surface area contributed by atoms with Crippen LogP contribution in [0.25, 0.3) is 17.0 Å². The number of aryl methyl sites for hydroxylation is 1. The van der Waals surface area contributed by atoms with Crippen molar-refractivity contribution in [2.75, 3.05) is 33.4 Å². The first-order valence-corrected chi connectivity index (χ1v) is 9.82. The molecule has 4 heterocycles. The van der Waals surface area contributed by atoms with Crippen molar-refractivity contribution in [1.82, 2.24) is 29.0 Å². The van der Waals surface area contributed by atoms with Crippen LogP contribution >= 0.6 is 0 Å². The van der Waals surface area contributed by atoms with Gasteiger partial charge in [-0.1, -0.05) is 0 Å². The minimum Gasteiger partial charge on any atom is -0.377 e. The zero-order chi connectivity index (χ0) is 19.7. The summed E-state index contributed by atoms with van der Waals surface area (Å²) in [6, 6.07) is 4.06. The molecule has 0 aliphatic carbocycles. The molecule has 3 aromatic rings. The number of likely N-dealkylation sites (N-methyl/N-ethyl adjacent to an activating group) is 1. The van der Waals surface area contributed by atoms with E-state index in [9.17, 15) is 0 Å². The van der Waals surface area contributed by atoms with Gasteiger partial charge in [-0.2, -0.15) is 5.10 Å². The lowest BCUT2D eigenvalue weighted by Crippen LogP contribution is -2.35. The van der Waals surface area contributed by atoms with Gasteiger partial charge in [-0.05, 0) is 40.0 Å². The molecule has 0 N–H and O–H groups in total. The predicted octanol–water partition coefficient (Wildman–Crippen LogP) is 2.33. The van der Waals surface area contributed by atoms with E-state index in [4.69, 9.17) is 19.6 Å². The molecule has 0 radical (unpaired) electrons. The van der Waals surface area contributed by atoms with Gasteiger partial charge in [0.15, 0.2) is 11.6 Å². The number of fused-ring (bicyclic) bond motifs is 1. The van der Waals surface area contributed by atoms with Crippen LogP contribution in [0.1, 0.15) is 31.5 Å². The van der Waals surface area contributed by atoms with Crippen molar-refractivity contribution in [2.45, 2.75) is 39.5 Å². The van der Waals surface area contributed by atoms with Gasteiger partial charge in [-0.3, -0.25) is 0 Å². The summed E-state index contributed by atoms with van der Waals surface area (Å²) in [4.78, 5) is 11.5. The van der Waals surface area contributed by atoms with Gasteiger partial charge < -0.3 is 18.8 Å². The third-order valence-corrected chi connectivity index (χ3v) is 4.95. The summed E-state index contributed by atoms with van der Waals surface area (Å²) in [7, 11) is 2.10. The van der Waals surface area contributed by atoms with Crippen molar-refractivity contribution in [3.8, 4) is 11.4 Å². The van der Waals surface area contributed by atoms with Crippen LogP contribution in [0, 0.1) is 6.92 Å². The Morgan fingerprint density at radius 1 is 1.32 bits per heavy atom. The molecule has 3 aromatic heterocycles. The normalized spacial score (nSPS) is 18.4. The number of hydrogen-bond donors (Lipinski definition) is 0. The van der Waals surface area contributed by atoms with E-state index in [0.29, 0.717) is 19.8 Å². The Morgan fingerprint density at radius 3 is 2.96 bits per heavy atom. The first kappa shape index (κ1) is 19.0. The number of pyridine rings is 1. The van der Waals surface area contributed by atoms with E-state index in [-0.39, 0.29) is 12.2 Å². The number of morpholine rings is 1. The standard InChI is InChI=1S/C20H28N6O2/c1-14(2)27-10-8-26-20(16-5-6-18-21-11-15(3)25(18)12-16)22-19(23-26)17-13-24(4)7-9-28-17/h5-6,11-12,14,17H,7-10,13H2,1-4H3. The molecule has 0 spiro atoms. The molecule has 150 valence electrons. The van der Waals surface area contributed by atoms with Gasteiger partial charge >= 0.3 is 0 Å². The molecule has 0 saturated carbocycles. The summed E-state index contributed by atoms with van der Waals surface area (Å²) in [5.74, 6) is 1.56. The Labute approximate surface area is 165 Å². The summed E-state index contributed by atoms with van der Waals surface area (Å²) in [6.45, 7) is 9.78. The zero-order valence-corrected chi connectivity index (χ0v) is 17.0. The molecule has 1 aliphatic rings. The van der Waals surface area contributed by atoms with Crippen molar-refractivity contribution < 1.29 is 9.47 Å². The van der Waals surface area contributed by atoms with Gasteiger partial charge in [-0.25, -0.2) is 14.6 Å². The minimum absolute atomic E-state index is 0.108. The molecule has 1 aliphatic heterocycles. The van der Waals surface area contributed by atoms with Crippen molar-refractivity contribution in [3.63, 3.8) is 0 Å². The Hall–Kier alpha value is -2.29. The van der Waals surface area contributed by atoms with E-state index in [0.717, 1.165) is 41.6 Å². The topological polar surface area (TPSA) is 69.7 Å². The van der Waals surface area contributed by atoms with Gasteiger partial charge in [0.25, 0.3) is 0 Å². The van der Waals surface area contributed by atoms with E-state index in [1.54, 1.807) is 0 Å². The maximum Gasteiger partial charge on any atom is 0.181 e. The largest absolute Gasteiger partial charge is 0.377 e. The minimum atomic E-state index is -0.108. The number of aromatic nitrogens is 5. The monoisotopic (exact) mass is 384 g/mol. The molecule has 4 rings (SSSR count). The molecule has 28 heavy (non-hydrogen) atoms. The first-order chi connectivity index (χ1) is 13.5. The molecular formula is C20H28N6O2. The highest BCUT2D eigenvalue weighted by atomic mass is 16.5. The zero-order valence-electron chi connectivity index (χ0n) is 17.0. The summed E-state index contributed by atoms with van der Waals surface area (Å²) < 4.78 is 15.7. The Morgan fingerprint density at radius 2 is 2.18 bits per heavy atom. The lowest BCUT2D eigenvalue weighted by atomic mass is 10.2. The summed E-state index contributed by atoms with van der Waals surface area (Å²) >= 11 is 0. The van der Waals surface area contributed by atoms with Crippen molar-refractivity contribution in [3.05, 3.63) is 36.0 Å². The number of ether oxygens (including phenoxy) is 2. The van der Waals surface area contributed by atoms with Gasteiger partial charge in [0, 0.05) is 36.7 Å². The molecule has 0 amide bonds. The third kappa shape index (κ3) is 3.94. The van der Waals surface area contributed by atoms with E-state index >= 15 is 0 Å². The lowest BCUT2D eigenvalue weighted by Gasteiger charge is -2.28. The highest BCUT2D eigenvalue weighted by molar-refractivity contribution is 5.58. The lowest BCUT2D eigenvalue weighted by molar-refractivity contribution is -0.0256. The van der Waals surface area contributed by atoms with Crippen LogP contribution in [0.4, 0.5) is 0 Å². The van der Waals surface area contributed by atoms with Gasteiger partial charge in [-0.15, -0.1) is 0 Å². The van der Waals surface area contributed by atoms with Crippen LogP contribution in [0.2, 0.25) is 0 Å². The van der Waals surface area contributed by atoms with Crippen LogP contribution < -0.4 is 0 Å². The maximum absolute atomic E-state index is 5.93. The molecule has 1 atom stereocenters. The molecule has 8 heteroatoms. The summed E-state index contributed by atoms with van der Waals surface area (Å²) in [5.41, 5.74) is 3.01. The van der Waals surface area contributed by atoms with Crippen LogP contribution in [-0.4, -0.2) is 68.5 Å². The molecule has 0 bridgehead atoms. The third-order valence-electron chi connectivity index (χ3n) is 4.95. The highest BCUT2D eigenvalue weighted by Gasteiger charge is 2.25. The second-order valence-electron chi connectivity index (χ2n) is 7.60. The molecular weight excluding hydrogens is 356 g/mol. The molecule has 1 fully saturated rings. The summed E-state index contributed by atoms with van der Waals surface area (Å²) in [5, 5.41) is 4.78. The average molecular weight is 384 g/mol. The fraction of sp³-hybridized carbons (Fsp3) is 0.550. The van der Waals surface area contributed by atoms with Gasteiger partial charge in [0.05, 0.1) is 25.9 Å². The molecule has 0 aromatic carbocycles. The van der Waals surface area contributed by atoms with Gasteiger partial charge in [0.2, 0.25) is 0 Å². The van der Waals surface area contributed by atoms with Gasteiger partial charge in [0.1, 0.15) is 11.8 Å². The second-order valence-corrected chi connectivity index (χ2v) is 7.60. The molecule has 1 saturated heterocycles. The average Bonchev–Trinajstić information content (AvgIpc) is 3.25. The first-order valence-electron chi connectivity index (χ1n) is 9.82. The van der Waals surface area contributed by atoms with Crippen LogP contribution in [0.3, 0.4) is 0 Å². The quantitative estimate of drug-likeness (QED) is 0.650. The molecule has 1 unspecified atom stereocenters. The maximum atomic E-state index is 5.93. The SMILES string of the molecule is Cc1cnc2ccc(-c3nc(C4CN(C)CCO4)nn3CCOC(C)C)cn12. The predicted molar refractivity (Wildman–Crippen MR) is 106 cm³/mol. The Balaban J connectivity index is 1.68. The summed E-state index contributed by atoms with van der Waals surface area (Å²) in [6.07, 6.45) is 4.02. The fourth-order valence-corrected chi connectivity index (χ4v) is 3.41.